The van der Waals surface area contributed by atoms with Crippen LogP contribution in [0.1, 0.15) is 45.4 Å². The highest BCUT2D eigenvalue weighted by atomic mass is 16.5. The Hall–Kier alpha value is -0.790. The summed E-state index contributed by atoms with van der Waals surface area (Å²) in [4.78, 5) is 11.5. The van der Waals surface area contributed by atoms with Gasteiger partial charge >= 0.3 is 5.97 Å². The number of rotatable bonds is 2. The molecular weight excluding hydrogens is 200 g/mol. The van der Waals surface area contributed by atoms with Gasteiger partial charge in [-0.25, -0.2) is 0 Å². The standard InChI is InChI=1S/C14H20O2/c1-2-13(15)16-12-9-10-6-8-14(12)7-4-3-5-11(10)14/h3-4,10-12H,2,5-9H2,1H3/t10-,11+,12-,14-/m0/s1. The Bertz CT molecular complexity index is 334. The molecule has 0 aromatic rings. The zero-order valence-corrected chi connectivity index (χ0v) is 9.95. The van der Waals surface area contributed by atoms with Crippen LogP contribution in [0, 0.1) is 17.3 Å². The molecule has 2 nitrogen and oxygen atoms in total. The van der Waals surface area contributed by atoms with Gasteiger partial charge in [0.2, 0.25) is 0 Å². The molecule has 3 rings (SSSR count). The topological polar surface area (TPSA) is 26.3 Å². The molecule has 0 N–H and O–H groups in total. The molecule has 0 aliphatic heterocycles. The quantitative estimate of drug-likeness (QED) is 0.528. The van der Waals surface area contributed by atoms with Crippen molar-refractivity contribution in [3.8, 4) is 0 Å². The molecule has 0 radical (unpaired) electrons. The number of carbonyl (C=O) groups is 1. The number of hydrogen-bond donors (Lipinski definition) is 0. The van der Waals surface area contributed by atoms with E-state index in [0.717, 1.165) is 24.7 Å². The minimum atomic E-state index is -0.0137. The first-order valence-corrected chi connectivity index (χ1v) is 6.61. The molecule has 0 saturated heterocycles. The predicted octanol–water partition coefficient (Wildman–Crippen LogP) is 3.07. The highest BCUT2D eigenvalue weighted by Crippen LogP contribution is 2.63. The van der Waals surface area contributed by atoms with Gasteiger partial charge in [-0.3, -0.25) is 4.79 Å². The highest BCUT2D eigenvalue weighted by molar-refractivity contribution is 5.69. The third-order valence-electron chi connectivity index (χ3n) is 5.06. The van der Waals surface area contributed by atoms with Crippen LogP contribution in [0.5, 0.6) is 0 Å². The lowest BCUT2D eigenvalue weighted by molar-refractivity contribution is -0.156. The number of ether oxygens (including phenoxy) is 1. The maximum Gasteiger partial charge on any atom is 0.305 e. The molecule has 2 heteroatoms. The first-order chi connectivity index (χ1) is 7.76. The van der Waals surface area contributed by atoms with Crippen LogP contribution in [-0.2, 0) is 9.53 Å². The molecule has 16 heavy (non-hydrogen) atoms. The van der Waals surface area contributed by atoms with Crippen LogP contribution < -0.4 is 0 Å². The van der Waals surface area contributed by atoms with Crippen LogP contribution in [0.15, 0.2) is 12.2 Å². The van der Waals surface area contributed by atoms with Crippen molar-refractivity contribution in [3.05, 3.63) is 12.2 Å². The molecule has 2 saturated carbocycles. The Balaban J connectivity index is 1.82. The SMILES string of the molecule is CCC(=O)O[C@H]1C[C@@H]2CC[C@]13CC=CC[C@H]23. The summed E-state index contributed by atoms with van der Waals surface area (Å²) in [5.74, 6) is 1.60. The first kappa shape index (κ1) is 10.4. The van der Waals surface area contributed by atoms with Crippen molar-refractivity contribution < 1.29 is 9.53 Å². The van der Waals surface area contributed by atoms with Crippen LogP contribution in [0.3, 0.4) is 0 Å². The molecule has 88 valence electrons. The van der Waals surface area contributed by atoms with Gasteiger partial charge in [0.15, 0.2) is 0 Å². The van der Waals surface area contributed by atoms with Crippen LogP contribution in [-0.4, -0.2) is 12.1 Å². The summed E-state index contributed by atoms with van der Waals surface area (Å²) in [7, 11) is 0. The molecule has 4 atom stereocenters. The van der Waals surface area contributed by atoms with Gasteiger partial charge in [0.05, 0.1) is 0 Å². The van der Waals surface area contributed by atoms with Crippen molar-refractivity contribution in [1.29, 1.82) is 0 Å². The van der Waals surface area contributed by atoms with Gasteiger partial charge in [0.1, 0.15) is 6.10 Å². The van der Waals surface area contributed by atoms with E-state index in [-0.39, 0.29) is 12.1 Å². The van der Waals surface area contributed by atoms with Crippen molar-refractivity contribution >= 4 is 5.97 Å². The molecule has 0 heterocycles. The number of hydrogen-bond acceptors (Lipinski definition) is 2. The zero-order valence-electron chi connectivity index (χ0n) is 9.95. The van der Waals surface area contributed by atoms with Crippen molar-refractivity contribution in [2.75, 3.05) is 0 Å². The van der Waals surface area contributed by atoms with Crippen LogP contribution in [0.25, 0.3) is 0 Å². The molecule has 0 spiro atoms. The second kappa shape index (κ2) is 3.61. The maximum absolute atomic E-state index is 11.5. The molecule has 3 aliphatic carbocycles. The number of esters is 1. The summed E-state index contributed by atoms with van der Waals surface area (Å²) in [6.07, 6.45) is 11.5. The molecule has 2 fully saturated rings. The van der Waals surface area contributed by atoms with E-state index in [2.05, 4.69) is 12.2 Å². The molecule has 0 amide bonds. The summed E-state index contributed by atoms with van der Waals surface area (Å²) < 4.78 is 5.68. The van der Waals surface area contributed by atoms with E-state index in [1.807, 2.05) is 6.92 Å². The Morgan fingerprint density at radius 1 is 1.50 bits per heavy atom. The fourth-order valence-electron chi connectivity index (χ4n) is 4.27. The van der Waals surface area contributed by atoms with E-state index >= 15 is 0 Å². The van der Waals surface area contributed by atoms with Crippen molar-refractivity contribution in [2.24, 2.45) is 17.3 Å². The van der Waals surface area contributed by atoms with Crippen LogP contribution in [0.2, 0.25) is 0 Å². The van der Waals surface area contributed by atoms with Gasteiger partial charge in [0, 0.05) is 11.8 Å². The fraction of sp³-hybridized carbons (Fsp3) is 0.786. The third kappa shape index (κ3) is 1.28. The summed E-state index contributed by atoms with van der Waals surface area (Å²) in [5.41, 5.74) is 0.324. The average molecular weight is 220 g/mol. The lowest BCUT2D eigenvalue weighted by atomic mass is 9.70. The van der Waals surface area contributed by atoms with Crippen molar-refractivity contribution in [1.82, 2.24) is 0 Å². The molecule has 0 unspecified atom stereocenters. The second-order valence-corrected chi connectivity index (χ2v) is 5.62. The van der Waals surface area contributed by atoms with E-state index in [9.17, 15) is 4.79 Å². The van der Waals surface area contributed by atoms with Gasteiger partial charge in [-0.15, -0.1) is 0 Å². The van der Waals surface area contributed by atoms with Gasteiger partial charge in [-0.05, 0) is 43.9 Å². The lowest BCUT2D eigenvalue weighted by Gasteiger charge is -2.38. The van der Waals surface area contributed by atoms with Crippen molar-refractivity contribution in [2.45, 2.75) is 51.6 Å². The Labute approximate surface area is 97.1 Å². The molecule has 3 aliphatic rings. The minimum absolute atomic E-state index is 0.0137. The smallest absolute Gasteiger partial charge is 0.305 e. The highest BCUT2D eigenvalue weighted by Gasteiger charge is 2.60. The van der Waals surface area contributed by atoms with E-state index in [0.29, 0.717) is 11.8 Å². The van der Waals surface area contributed by atoms with E-state index < -0.39 is 0 Å². The Morgan fingerprint density at radius 2 is 2.38 bits per heavy atom. The summed E-state index contributed by atoms with van der Waals surface area (Å²) >= 11 is 0. The fourth-order valence-corrected chi connectivity index (χ4v) is 4.27. The Kier molecular flexibility index (Phi) is 2.34. The summed E-state index contributed by atoms with van der Waals surface area (Å²) in [6.45, 7) is 1.88. The average Bonchev–Trinajstić information content (AvgIpc) is 2.82. The summed E-state index contributed by atoms with van der Waals surface area (Å²) in [5, 5.41) is 0. The lowest BCUT2D eigenvalue weighted by Crippen LogP contribution is -2.38. The number of carbonyl (C=O) groups excluding carboxylic acids is 1. The van der Waals surface area contributed by atoms with E-state index in [1.165, 1.54) is 19.3 Å². The monoisotopic (exact) mass is 220 g/mol. The largest absolute Gasteiger partial charge is 0.462 e. The second-order valence-electron chi connectivity index (χ2n) is 5.62. The molecular formula is C14H20O2. The molecule has 0 aromatic carbocycles. The number of allylic oxidation sites excluding steroid dienone is 2. The van der Waals surface area contributed by atoms with Gasteiger partial charge in [0.25, 0.3) is 0 Å². The first-order valence-electron chi connectivity index (χ1n) is 6.61. The predicted molar refractivity (Wildman–Crippen MR) is 61.8 cm³/mol. The van der Waals surface area contributed by atoms with Gasteiger partial charge in [-0.2, -0.15) is 0 Å². The maximum atomic E-state index is 11.5. The zero-order chi connectivity index (χ0) is 11.2. The van der Waals surface area contributed by atoms with E-state index in [4.69, 9.17) is 4.74 Å². The van der Waals surface area contributed by atoms with Gasteiger partial charge in [-0.1, -0.05) is 19.1 Å². The molecule has 0 aromatic heterocycles. The normalized spacial score (nSPS) is 44.4. The third-order valence-corrected chi connectivity index (χ3v) is 5.06. The van der Waals surface area contributed by atoms with Crippen LogP contribution in [0.4, 0.5) is 0 Å². The van der Waals surface area contributed by atoms with E-state index in [1.54, 1.807) is 0 Å². The van der Waals surface area contributed by atoms with Crippen molar-refractivity contribution in [3.63, 3.8) is 0 Å². The van der Waals surface area contributed by atoms with Crippen LogP contribution >= 0.6 is 0 Å². The molecule has 2 bridgehead atoms. The Morgan fingerprint density at radius 3 is 3.19 bits per heavy atom. The minimum Gasteiger partial charge on any atom is -0.462 e. The summed E-state index contributed by atoms with van der Waals surface area (Å²) in [6, 6.07) is 0. The van der Waals surface area contributed by atoms with Gasteiger partial charge < -0.3 is 4.74 Å².